The molecule has 6 nitrogen and oxygen atoms in total. The number of anilines is 2. The van der Waals surface area contributed by atoms with Crippen LogP contribution in [0.15, 0.2) is 18.2 Å². The Kier molecular flexibility index (Phi) is 5.12. The maximum absolute atomic E-state index is 12.7. The molecule has 0 saturated carbocycles. The molecule has 146 valence electrons. The van der Waals surface area contributed by atoms with Gasteiger partial charge in [-0.05, 0) is 49.9 Å². The molecule has 1 aliphatic carbocycles. The quantitative estimate of drug-likeness (QED) is 0.674. The average molecular weight is 417 g/mol. The lowest BCUT2D eigenvalue weighted by molar-refractivity contribution is -0.114. The fraction of sp³-hybridized carbons (Fsp3) is 0.350. The summed E-state index contributed by atoms with van der Waals surface area (Å²) in [5.74, 6) is 1.93. The lowest BCUT2D eigenvalue weighted by Crippen LogP contribution is -2.31. The summed E-state index contributed by atoms with van der Waals surface area (Å²) >= 11 is 7.80. The number of nitrogens with one attached hydrogen (secondary N) is 1. The standard InChI is InChI=1S/C20H21ClN4O2S/c1-11-22-19(18-13-5-4-6-16(13)28-20(18)23-11)25(2)10-17(26)24-14-9-12(21)7-8-15(14)27-3/h7-9H,4-6,10H2,1-3H3,(H,24,26). The molecular formula is C20H21ClN4O2S. The van der Waals surface area contributed by atoms with Crippen molar-refractivity contribution in [3.8, 4) is 5.75 Å². The smallest absolute Gasteiger partial charge is 0.244 e. The van der Waals surface area contributed by atoms with Gasteiger partial charge >= 0.3 is 0 Å². The van der Waals surface area contributed by atoms with Crippen LogP contribution in [0.3, 0.4) is 0 Å². The number of methoxy groups -OCH3 is 1. The molecule has 0 unspecified atom stereocenters. The minimum absolute atomic E-state index is 0.159. The maximum atomic E-state index is 12.7. The molecule has 0 aliphatic heterocycles. The van der Waals surface area contributed by atoms with Crippen molar-refractivity contribution in [1.29, 1.82) is 0 Å². The number of rotatable bonds is 5. The van der Waals surface area contributed by atoms with Crippen molar-refractivity contribution < 1.29 is 9.53 Å². The van der Waals surface area contributed by atoms with Gasteiger partial charge in [-0.15, -0.1) is 11.3 Å². The third kappa shape index (κ3) is 3.52. The molecule has 0 saturated heterocycles. The van der Waals surface area contributed by atoms with Gasteiger partial charge in [-0.2, -0.15) is 0 Å². The minimum Gasteiger partial charge on any atom is -0.495 e. The van der Waals surface area contributed by atoms with Crippen molar-refractivity contribution in [2.45, 2.75) is 26.2 Å². The Morgan fingerprint density at radius 1 is 1.36 bits per heavy atom. The largest absolute Gasteiger partial charge is 0.495 e. The van der Waals surface area contributed by atoms with Crippen LogP contribution < -0.4 is 15.0 Å². The average Bonchev–Trinajstić information content (AvgIpc) is 3.21. The summed E-state index contributed by atoms with van der Waals surface area (Å²) in [6.07, 6.45) is 3.32. The first kappa shape index (κ1) is 19.0. The molecule has 1 amide bonds. The van der Waals surface area contributed by atoms with Crippen LogP contribution in [0.4, 0.5) is 11.5 Å². The first-order valence-electron chi connectivity index (χ1n) is 9.09. The zero-order valence-corrected chi connectivity index (χ0v) is 17.6. The highest BCUT2D eigenvalue weighted by Gasteiger charge is 2.24. The fourth-order valence-electron chi connectivity index (χ4n) is 3.61. The summed E-state index contributed by atoms with van der Waals surface area (Å²) < 4.78 is 5.30. The van der Waals surface area contributed by atoms with Crippen LogP contribution in [0.25, 0.3) is 10.2 Å². The zero-order valence-electron chi connectivity index (χ0n) is 16.0. The van der Waals surface area contributed by atoms with E-state index in [4.69, 9.17) is 16.3 Å². The molecule has 0 spiro atoms. The van der Waals surface area contributed by atoms with Crippen LogP contribution in [0.1, 0.15) is 22.7 Å². The van der Waals surface area contributed by atoms with Crippen molar-refractivity contribution in [1.82, 2.24) is 9.97 Å². The number of fused-ring (bicyclic) bond motifs is 3. The molecule has 0 bridgehead atoms. The molecule has 0 fully saturated rings. The van der Waals surface area contributed by atoms with Crippen molar-refractivity contribution in [3.05, 3.63) is 39.5 Å². The van der Waals surface area contributed by atoms with E-state index in [0.29, 0.717) is 22.3 Å². The molecule has 8 heteroatoms. The van der Waals surface area contributed by atoms with Gasteiger partial charge in [-0.25, -0.2) is 9.97 Å². The molecule has 0 atom stereocenters. The topological polar surface area (TPSA) is 67.3 Å². The van der Waals surface area contributed by atoms with Crippen molar-refractivity contribution >= 4 is 50.6 Å². The lowest BCUT2D eigenvalue weighted by Gasteiger charge is -2.20. The Morgan fingerprint density at radius 3 is 2.96 bits per heavy atom. The lowest BCUT2D eigenvalue weighted by atomic mass is 10.2. The summed E-state index contributed by atoms with van der Waals surface area (Å²) in [7, 11) is 3.44. The van der Waals surface area contributed by atoms with E-state index < -0.39 is 0 Å². The second-order valence-electron chi connectivity index (χ2n) is 6.88. The highest BCUT2D eigenvalue weighted by molar-refractivity contribution is 7.19. The van der Waals surface area contributed by atoms with Gasteiger partial charge in [0.05, 0.1) is 24.7 Å². The maximum Gasteiger partial charge on any atom is 0.244 e. The zero-order chi connectivity index (χ0) is 19.8. The third-order valence-corrected chi connectivity index (χ3v) is 6.26. The van der Waals surface area contributed by atoms with Crippen molar-refractivity contribution in [2.75, 3.05) is 30.9 Å². The molecule has 4 rings (SSSR count). The van der Waals surface area contributed by atoms with Gasteiger partial charge in [-0.1, -0.05) is 11.6 Å². The highest BCUT2D eigenvalue weighted by Crippen LogP contribution is 2.40. The number of nitrogens with zero attached hydrogens (tertiary/aromatic N) is 3. The van der Waals surface area contributed by atoms with E-state index in [1.165, 1.54) is 16.9 Å². The number of hydrogen-bond donors (Lipinski definition) is 1. The number of halogens is 1. The molecular weight excluding hydrogens is 396 g/mol. The minimum atomic E-state index is -0.167. The normalized spacial score (nSPS) is 12.9. The number of carbonyl (C=O) groups excluding carboxylic acids is 1. The predicted octanol–water partition coefficient (Wildman–Crippen LogP) is 4.23. The first-order valence-corrected chi connectivity index (χ1v) is 10.3. The van der Waals surface area contributed by atoms with E-state index >= 15 is 0 Å². The van der Waals surface area contributed by atoms with Gasteiger partial charge in [0.1, 0.15) is 22.2 Å². The number of thiophene rings is 1. The molecule has 1 aliphatic rings. The number of likely N-dealkylation sites (N-methyl/N-ethyl adjacent to an activating group) is 1. The molecule has 2 aromatic heterocycles. The number of aryl methyl sites for hydroxylation is 3. The number of aromatic nitrogens is 2. The van der Waals surface area contributed by atoms with Crippen molar-refractivity contribution in [3.63, 3.8) is 0 Å². The van der Waals surface area contributed by atoms with Gasteiger partial charge in [0.25, 0.3) is 0 Å². The van der Waals surface area contributed by atoms with E-state index in [-0.39, 0.29) is 12.5 Å². The Hall–Kier alpha value is -2.38. The summed E-state index contributed by atoms with van der Waals surface area (Å²) in [6.45, 7) is 2.05. The Balaban J connectivity index is 1.60. The monoisotopic (exact) mass is 416 g/mol. The third-order valence-electron chi connectivity index (χ3n) is 4.84. The van der Waals surface area contributed by atoms with Crippen molar-refractivity contribution in [2.24, 2.45) is 0 Å². The number of amides is 1. The Bertz CT molecular complexity index is 1070. The Morgan fingerprint density at radius 2 is 2.18 bits per heavy atom. The van der Waals surface area contributed by atoms with Crippen LogP contribution in [0.5, 0.6) is 5.75 Å². The summed E-state index contributed by atoms with van der Waals surface area (Å²) in [5.41, 5.74) is 1.90. The Labute approximate surface area is 172 Å². The SMILES string of the molecule is COc1ccc(Cl)cc1NC(=O)CN(C)c1nc(C)nc2sc3c(c12)CCC3. The highest BCUT2D eigenvalue weighted by atomic mass is 35.5. The van der Waals surface area contributed by atoms with E-state index in [2.05, 4.69) is 15.3 Å². The summed E-state index contributed by atoms with van der Waals surface area (Å²) in [6, 6.07) is 5.13. The predicted molar refractivity (Wildman–Crippen MR) is 114 cm³/mol. The van der Waals surface area contributed by atoms with E-state index in [0.717, 1.165) is 28.9 Å². The number of ether oxygens (including phenoxy) is 1. The van der Waals surface area contributed by atoms with Gasteiger partial charge in [0.15, 0.2) is 0 Å². The second kappa shape index (κ2) is 7.56. The number of benzene rings is 1. The molecule has 28 heavy (non-hydrogen) atoms. The van der Waals surface area contributed by atoms with Crippen LogP contribution in [-0.4, -0.2) is 36.6 Å². The molecule has 2 heterocycles. The summed E-state index contributed by atoms with van der Waals surface area (Å²) in [5, 5.41) is 4.51. The second-order valence-corrected chi connectivity index (χ2v) is 8.40. The van der Waals surface area contributed by atoms with Gasteiger partial charge in [0.2, 0.25) is 5.91 Å². The van der Waals surface area contributed by atoms with Gasteiger partial charge < -0.3 is 15.0 Å². The van der Waals surface area contributed by atoms with Crippen LogP contribution in [0, 0.1) is 6.92 Å². The molecule has 0 radical (unpaired) electrons. The van der Waals surface area contributed by atoms with E-state index in [1.54, 1.807) is 36.6 Å². The van der Waals surface area contributed by atoms with E-state index in [9.17, 15) is 4.79 Å². The van der Waals surface area contributed by atoms with Crippen LogP contribution in [0.2, 0.25) is 5.02 Å². The molecule has 3 aromatic rings. The summed E-state index contributed by atoms with van der Waals surface area (Å²) in [4.78, 5) is 26.2. The van der Waals surface area contributed by atoms with Crippen LogP contribution >= 0.6 is 22.9 Å². The number of carbonyl (C=O) groups is 1. The van der Waals surface area contributed by atoms with Gasteiger partial charge in [-0.3, -0.25) is 4.79 Å². The van der Waals surface area contributed by atoms with E-state index in [1.807, 2.05) is 18.9 Å². The molecule has 1 aromatic carbocycles. The first-order chi connectivity index (χ1) is 13.5. The molecule has 1 N–H and O–H groups in total. The number of hydrogen-bond acceptors (Lipinski definition) is 6. The fourth-order valence-corrected chi connectivity index (χ4v) is 5.09. The van der Waals surface area contributed by atoms with Crippen LogP contribution in [-0.2, 0) is 17.6 Å². The van der Waals surface area contributed by atoms with Gasteiger partial charge in [0, 0.05) is 16.9 Å².